The van der Waals surface area contributed by atoms with Gasteiger partial charge in [-0.25, -0.2) is 17.9 Å². The number of hydrogen-bond donors (Lipinski definition) is 2. The normalized spacial score (nSPS) is 17.9. The number of hydrogen-bond acceptors (Lipinski definition) is 5. The van der Waals surface area contributed by atoms with E-state index in [9.17, 15) is 23.1 Å². The quantitative estimate of drug-likeness (QED) is 0.680. The standard InChI is InChI=1S/C15H20N2O6S/c1-23-9-7-16-24(21,22)12-5-2-4-11(10-12)14(18)17-8-3-6-13(17)15(19)20/h2,4-5,10,13,16H,3,6-9H2,1H3,(H,19,20)/t13-/m1/s1. The van der Waals surface area contributed by atoms with Crippen LogP contribution in [0.4, 0.5) is 0 Å². The average Bonchev–Trinajstić information content (AvgIpc) is 3.04. The maximum Gasteiger partial charge on any atom is 0.326 e. The largest absolute Gasteiger partial charge is 0.480 e. The minimum Gasteiger partial charge on any atom is -0.480 e. The van der Waals surface area contributed by atoms with E-state index in [1.54, 1.807) is 0 Å². The maximum atomic E-state index is 12.5. The van der Waals surface area contributed by atoms with Crippen molar-refractivity contribution < 1.29 is 27.9 Å². The number of rotatable bonds is 7. The van der Waals surface area contributed by atoms with E-state index in [-0.39, 0.29) is 23.6 Å². The lowest BCUT2D eigenvalue weighted by Gasteiger charge is -2.21. The highest BCUT2D eigenvalue weighted by Crippen LogP contribution is 2.21. The van der Waals surface area contributed by atoms with Crippen molar-refractivity contribution in [3.8, 4) is 0 Å². The Morgan fingerprint density at radius 2 is 2.17 bits per heavy atom. The summed E-state index contributed by atoms with van der Waals surface area (Å²) in [5, 5.41) is 9.17. The molecule has 8 nitrogen and oxygen atoms in total. The number of amides is 1. The lowest BCUT2D eigenvalue weighted by Crippen LogP contribution is -2.40. The predicted octanol–water partition coefficient (Wildman–Crippen LogP) is 0.301. The lowest BCUT2D eigenvalue weighted by molar-refractivity contribution is -0.141. The van der Waals surface area contributed by atoms with E-state index in [2.05, 4.69) is 4.72 Å². The van der Waals surface area contributed by atoms with Crippen molar-refractivity contribution in [2.24, 2.45) is 0 Å². The third-order valence-corrected chi connectivity index (χ3v) is 5.25. The van der Waals surface area contributed by atoms with Gasteiger partial charge in [0, 0.05) is 25.8 Å². The fourth-order valence-electron chi connectivity index (χ4n) is 2.59. The van der Waals surface area contributed by atoms with E-state index in [0.717, 1.165) is 0 Å². The molecule has 24 heavy (non-hydrogen) atoms. The number of aliphatic carboxylic acids is 1. The molecule has 0 radical (unpaired) electrons. The van der Waals surface area contributed by atoms with Gasteiger partial charge in [-0.1, -0.05) is 6.07 Å². The molecule has 1 heterocycles. The van der Waals surface area contributed by atoms with Crippen LogP contribution in [0.2, 0.25) is 0 Å². The van der Waals surface area contributed by atoms with Gasteiger partial charge in [-0.05, 0) is 31.0 Å². The van der Waals surface area contributed by atoms with E-state index in [1.165, 1.54) is 36.3 Å². The van der Waals surface area contributed by atoms with Crippen LogP contribution in [-0.4, -0.2) is 63.1 Å². The molecule has 1 aliphatic heterocycles. The van der Waals surface area contributed by atoms with Crippen LogP contribution in [0.1, 0.15) is 23.2 Å². The van der Waals surface area contributed by atoms with E-state index in [1.807, 2.05) is 0 Å². The Labute approximate surface area is 140 Å². The molecule has 2 rings (SSSR count). The fourth-order valence-corrected chi connectivity index (χ4v) is 3.65. The second kappa shape index (κ2) is 7.73. The molecule has 132 valence electrons. The first kappa shape index (κ1) is 18.4. The molecule has 0 saturated carbocycles. The van der Waals surface area contributed by atoms with E-state index in [4.69, 9.17) is 4.74 Å². The highest BCUT2D eigenvalue weighted by molar-refractivity contribution is 7.89. The second-order valence-electron chi connectivity index (χ2n) is 5.41. The number of carbonyl (C=O) groups excluding carboxylic acids is 1. The van der Waals surface area contributed by atoms with Crippen LogP contribution in [0.15, 0.2) is 29.2 Å². The summed E-state index contributed by atoms with van der Waals surface area (Å²) < 4.78 is 31.5. The predicted molar refractivity (Wildman–Crippen MR) is 85.2 cm³/mol. The molecule has 0 unspecified atom stereocenters. The summed E-state index contributed by atoms with van der Waals surface area (Å²) in [5.74, 6) is -1.53. The van der Waals surface area contributed by atoms with Crippen molar-refractivity contribution in [3.63, 3.8) is 0 Å². The molecule has 1 amide bonds. The first-order chi connectivity index (χ1) is 11.4. The highest BCUT2D eigenvalue weighted by atomic mass is 32.2. The van der Waals surface area contributed by atoms with Gasteiger partial charge < -0.3 is 14.7 Å². The number of nitrogens with one attached hydrogen (secondary N) is 1. The highest BCUT2D eigenvalue weighted by Gasteiger charge is 2.34. The summed E-state index contributed by atoms with van der Waals surface area (Å²) in [6.45, 7) is 0.689. The van der Waals surface area contributed by atoms with Gasteiger partial charge in [0.2, 0.25) is 10.0 Å². The van der Waals surface area contributed by atoms with Crippen LogP contribution in [-0.2, 0) is 19.6 Å². The molecule has 0 aliphatic carbocycles. The summed E-state index contributed by atoms with van der Waals surface area (Å²) in [4.78, 5) is 25.0. The zero-order chi connectivity index (χ0) is 17.7. The zero-order valence-electron chi connectivity index (χ0n) is 13.3. The Hall–Kier alpha value is -1.97. The van der Waals surface area contributed by atoms with Crippen molar-refractivity contribution in [3.05, 3.63) is 29.8 Å². The fraction of sp³-hybridized carbons (Fsp3) is 0.467. The number of nitrogens with zero attached hydrogens (tertiary/aromatic N) is 1. The number of likely N-dealkylation sites (tertiary alicyclic amines) is 1. The van der Waals surface area contributed by atoms with Crippen molar-refractivity contribution in [1.29, 1.82) is 0 Å². The topological polar surface area (TPSA) is 113 Å². The van der Waals surface area contributed by atoms with Gasteiger partial charge in [0.25, 0.3) is 5.91 Å². The van der Waals surface area contributed by atoms with E-state index >= 15 is 0 Å². The Balaban J connectivity index is 2.21. The van der Waals surface area contributed by atoms with Gasteiger partial charge in [-0.15, -0.1) is 0 Å². The van der Waals surface area contributed by atoms with Gasteiger partial charge in [0.15, 0.2) is 0 Å². The molecular weight excluding hydrogens is 336 g/mol. The minimum atomic E-state index is -3.76. The Bertz CT molecular complexity index is 718. The molecule has 1 saturated heterocycles. The van der Waals surface area contributed by atoms with Crippen LogP contribution in [0.5, 0.6) is 0 Å². The van der Waals surface area contributed by atoms with Gasteiger partial charge in [0.05, 0.1) is 11.5 Å². The molecule has 1 aliphatic rings. The van der Waals surface area contributed by atoms with Crippen LogP contribution in [0.25, 0.3) is 0 Å². The summed E-state index contributed by atoms with van der Waals surface area (Å²) >= 11 is 0. The van der Waals surface area contributed by atoms with Crippen LogP contribution in [0.3, 0.4) is 0 Å². The molecule has 9 heteroatoms. The first-order valence-corrected chi connectivity index (χ1v) is 8.97. The number of benzene rings is 1. The molecule has 1 aromatic carbocycles. The summed E-state index contributed by atoms with van der Waals surface area (Å²) in [5.41, 5.74) is 0.151. The second-order valence-corrected chi connectivity index (χ2v) is 7.18. The van der Waals surface area contributed by atoms with Gasteiger partial charge in [0.1, 0.15) is 6.04 Å². The van der Waals surface area contributed by atoms with Crippen LogP contribution >= 0.6 is 0 Å². The van der Waals surface area contributed by atoms with Crippen LogP contribution < -0.4 is 4.72 Å². The molecule has 1 atom stereocenters. The smallest absolute Gasteiger partial charge is 0.326 e. The molecule has 2 N–H and O–H groups in total. The maximum absolute atomic E-state index is 12.5. The van der Waals surface area contributed by atoms with Gasteiger partial charge in [-0.3, -0.25) is 4.79 Å². The minimum absolute atomic E-state index is 0.0458. The first-order valence-electron chi connectivity index (χ1n) is 7.49. The molecule has 1 fully saturated rings. The summed E-state index contributed by atoms with van der Waals surface area (Å²) in [7, 11) is -2.30. The van der Waals surface area contributed by atoms with Crippen LogP contribution in [0, 0.1) is 0 Å². The number of carboxylic acid groups (broad SMARTS) is 1. The van der Waals surface area contributed by atoms with Gasteiger partial charge in [-0.2, -0.15) is 0 Å². The average molecular weight is 356 g/mol. The zero-order valence-corrected chi connectivity index (χ0v) is 14.1. The number of carboxylic acids is 1. The van der Waals surface area contributed by atoms with Crippen molar-refractivity contribution in [1.82, 2.24) is 9.62 Å². The number of methoxy groups -OCH3 is 1. The Kier molecular flexibility index (Phi) is 5.92. The number of sulfonamides is 1. The van der Waals surface area contributed by atoms with E-state index < -0.39 is 27.9 Å². The van der Waals surface area contributed by atoms with Crippen molar-refractivity contribution in [2.45, 2.75) is 23.8 Å². The molecule has 1 aromatic rings. The van der Waals surface area contributed by atoms with Gasteiger partial charge >= 0.3 is 5.97 Å². The molecular formula is C15H20N2O6S. The summed E-state index contributed by atoms with van der Waals surface area (Å²) in [6.07, 6.45) is 1.01. The van der Waals surface area contributed by atoms with Crippen molar-refractivity contribution in [2.75, 3.05) is 26.8 Å². The SMILES string of the molecule is COCCNS(=O)(=O)c1cccc(C(=O)N2CCC[C@@H]2C(=O)O)c1. The molecule has 0 aromatic heterocycles. The molecule has 0 bridgehead atoms. The Morgan fingerprint density at radius 1 is 1.42 bits per heavy atom. The Morgan fingerprint density at radius 3 is 2.83 bits per heavy atom. The number of ether oxygens (including phenoxy) is 1. The third-order valence-electron chi connectivity index (χ3n) is 3.79. The monoisotopic (exact) mass is 356 g/mol. The molecule has 0 spiro atoms. The summed E-state index contributed by atoms with van der Waals surface area (Å²) in [6, 6.07) is 4.72. The number of carbonyl (C=O) groups is 2. The third kappa shape index (κ3) is 4.11. The lowest BCUT2D eigenvalue weighted by atomic mass is 10.1. The van der Waals surface area contributed by atoms with E-state index in [0.29, 0.717) is 19.4 Å². The van der Waals surface area contributed by atoms with Crippen molar-refractivity contribution >= 4 is 21.9 Å².